The first kappa shape index (κ1) is 25.9. The summed E-state index contributed by atoms with van der Waals surface area (Å²) in [5, 5.41) is 1.21. The molecule has 3 aromatic rings. The van der Waals surface area contributed by atoms with Gasteiger partial charge in [0.1, 0.15) is 18.1 Å². The van der Waals surface area contributed by atoms with E-state index >= 15 is 0 Å². The maximum absolute atomic E-state index is 12.0. The van der Waals surface area contributed by atoms with Crippen molar-refractivity contribution in [2.45, 2.75) is 32.6 Å². The summed E-state index contributed by atoms with van der Waals surface area (Å²) in [5.74, 6) is 2.24. The lowest BCUT2D eigenvalue weighted by molar-refractivity contribution is -0.122. The number of unbranched alkanes of at least 4 members (excludes halogenated alkanes) is 1. The van der Waals surface area contributed by atoms with Crippen LogP contribution in [-0.4, -0.2) is 43.1 Å². The van der Waals surface area contributed by atoms with E-state index in [0.29, 0.717) is 51.4 Å². The number of pyridine rings is 1. The Morgan fingerprint density at radius 3 is 2.50 bits per heavy atom. The van der Waals surface area contributed by atoms with Crippen LogP contribution in [0.25, 0.3) is 10.9 Å². The lowest BCUT2D eigenvalue weighted by Gasteiger charge is -2.13. The van der Waals surface area contributed by atoms with Gasteiger partial charge in [-0.05, 0) is 36.2 Å². The van der Waals surface area contributed by atoms with Gasteiger partial charge in [0.2, 0.25) is 0 Å². The van der Waals surface area contributed by atoms with E-state index in [4.69, 9.17) is 42.8 Å². The van der Waals surface area contributed by atoms with E-state index < -0.39 is 0 Å². The highest BCUT2D eigenvalue weighted by Crippen LogP contribution is 2.38. The van der Waals surface area contributed by atoms with Crippen LogP contribution in [-0.2, 0) is 16.0 Å². The second kappa shape index (κ2) is 12.6. The number of Topliss-reactive ketones (excluding diaryl/α,β-unsaturated/α-hetero) is 1. The smallest absolute Gasteiger partial charge is 0.163 e. The minimum absolute atomic E-state index is 0.0104. The highest BCUT2D eigenvalue weighted by molar-refractivity contribution is 7.80. The topological polar surface area (TPSA) is 66.9 Å². The molecular weight excluding hydrogens is 474 g/mol. The van der Waals surface area contributed by atoms with E-state index in [1.807, 2.05) is 12.1 Å². The van der Waals surface area contributed by atoms with Crippen LogP contribution in [0.3, 0.4) is 0 Å². The molecule has 8 heteroatoms. The van der Waals surface area contributed by atoms with Crippen molar-refractivity contribution in [1.29, 1.82) is 0 Å². The number of rotatable bonds is 13. The number of aromatic nitrogens is 1. The quantitative estimate of drug-likeness (QED) is 0.198. The molecule has 0 amide bonds. The van der Waals surface area contributed by atoms with Crippen LogP contribution in [0.15, 0.2) is 42.6 Å². The summed E-state index contributed by atoms with van der Waals surface area (Å²) in [6.45, 7) is 2.78. The minimum atomic E-state index is -0.0104. The molecule has 2 aromatic carbocycles. The molecule has 0 unspecified atom stereocenters. The number of halogens is 1. The normalized spacial score (nSPS) is 10.8. The fraction of sp³-hybridized carbons (Fsp3) is 0.346. The third-order valence-electron chi connectivity index (χ3n) is 5.12. The number of ether oxygens (including phenoxy) is 4. The predicted octanol–water partition coefficient (Wildman–Crippen LogP) is 6.39. The number of methoxy groups -OCH3 is 2. The van der Waals surface area contributed by atoms with Crippen LogP contribution in [0.1, 0.15) is 31.7 Å². The van der Waals surface area contributed by atoms with Gasteiger partial charge in [-0.1, -0.05) is 43.2 Å². The number of fused-ring (bicyclic) bond motifs is 1. The van der Waals surface area contributed by atoms with Crippen molar-refractivity contribution >= 4 is 45.4 Å². The summed E-state index contributed by atoms with van der Waals surface area (Å²) in [5.41, 5.74) is 1.62. The Balaban J connectivity index is 1.68. The first-order valence-corrected chi connectivity index (χ1v) is 11.8. The highest BCUT2D eigenvalue weighted by Gasteiger charge is 2.14. The molecule has 0 aliphatic heterocycles. The highest BCUT2D eigenvalue weighted by atomic mass is 35.5. The van der Waals surface area contributed by atoms with Crippen molar-refractivity contribution in [2.75, 3.05) is 27.4 Å². The lowest BCUT2D eigenvalue weighted by Crippen LogP contribution is -2.14. The van der Waals surface area contributed by atoms with Crippen LogP contribution in [0.4, 0.5) is 0 Å². The van der Waals surface area contributed by atoms with Gasteiger partial charge < -0.3 is 18.9 Å². The number of hydrogen-bond acceptors (Lipinski definition) is 7. The zero-order valence-corrected chi connectivity index (χ0v) is 21.1. The second-order valence-electron chi connectivity index (χ2n) is 7.74. The van der Waals surface area contributed by atoms with E-state index in [1.54, 1.807) is 44.7 Å². The zero-order chi connectivity index (χ0) is 24.5. The van der Waals surface area contributed by atoms with E-state index in [9.17, 15) is 4.79 Å². The summed E-state index contributed by atoms with van der Waals surface area (Å²) in [6, 6.07) is 10.9. The number of hydrogen-bond donors (Lipinski definition) is 0. The van der Waals surface area contributed by atoms with Crippen LogP contribution in [0.2, 0.25) is 5.02 Å². The fourth-order valence-corrected chi connectivity index (χ4v) is 3.95. The van der Waals surface area contributed by atoms with Crippen LogP contribution < -0.4 is 14.2 Å². The molecule has 1 aromatic heterocycles. The van der Waals surface area contributed by atoms with E-state index in [0.717, 1.165) is 23.8 Å². The molecule has 0 aliphatic rings. The number of thiocarbonyl (C=S) groups is 1. The summed E-state index contributed by atoms with van der Waals surface area (Å²) in [7, 11) is 3.15. The van der Waals surface area contributed by atoms with Crippen LogP contribution >= 0.6 is 23.8 Å². The number of carbonyl (C=O) groups is 1. The summed E-state index contributed by atoms with van der Waals surface area (Å²) >= 11 is 11.9. The maximum atomic E-state index is 12.0. The zero-order valence-electron chi connectivity index (χ0n) is 19.6. The summed E-state index contributed by atoms with van der Waals surface area (Å²) in [4.78, 5) is 17.1. The molecule has 0 saturated carbocycles. The van der Waals surface area contributed by atoms with Gasteiger partial charge in [0.15, 0.2) is 17.3 Å². The maximum Gasteiger partial charge on any atom is 0.163 e. The fourth-order valence-electron chi connectivity index (χ4n) is 3.39. The molecule has 0 aliphatic carbocycles. The number of carbonyl (C=O) groups excluding carboxylic acids is 1. The van der Waals surface area contributed by atoms with Gasteiger partial charge in [-0.3, -0.25) is 9.78 Å². The Labute approximate surface area is 210 Å². The van der Waals surface area contributed by atoms with Gasteiger partial charge in [-0.15, -0.1) is 0 Å². The molecule has 180 valence electrons. The Hall–Kier alpha value is -2.74. The summed E-state index contributed by atoms with van der Waals surface area (Å²) in [6.07, 6.45) is 4.33. The Bertz CT molecular complexity index is 1170. The molecule has 0 atom stereocenters. The van der Waals surface area contributed by atoms with Crippen LogP contribution in [0, 0.1) is 0 Å². The molecule has 0 N–H and O–H groups in total. The summed E-state index contributed by atoms with van der Waals surface area (Å²) < 4.78 is 22.2. The predicted molar refractivity (Wildman–Crippen MR) is 138 cm³/mol. The molecule has 0 spiro atoms. The standard InChI is InChI=1S/C26H28ClNO5S/c1-4-5-10-32-16-18(29)13-19(34)11-17-6-7-24(21(27)12-17)33-23-8-9-28-22-15-26(31-3)25(30-2)14-20(22)23/h6-9,12,14-15H,4-5,10-11,13,16H2,1-3H3. The molecule has 1 heterocycles. The van der Waals surface area contributed by atoms with Crippen molar-refractivity contribution in [3.05, 3.63) is 53.2 Å². The van der Waals surface area contributed by atoms with Gasteiger partial charge in [0.25, 0.3) is 0 Å². The first-order chi connectivity index (χ1) is 16.4. The van der Waals surface area contributed by atoms with E-state index in [2.05, 4.69) is 11.9 Å². The van der Waals surface area contributed by atoms with Crippen molar-refractivity contribution in [1.82, 2.24) is 4.98 Å². The number of benzene rings is 2. The number of nitrogens with zero attached hydrogens (tertiary/aromatic N) is 1. The molecule has 0 radical (unpaired) electrons. The molecule has 0 fully saturated rings. The lowest BCUT2D eigenvalue weighted by atomic mass is 10.1. The Kier molecular flexibility index (Phi) is 9.62. The number of ketones is 1. The van der Waals surface area contributed by atoms with E-state index in [1.165, 1.54) is 0 Å². The second-order valence-corrected chi connectivity index (χ2v) is 8.72. The van der Waals surface area contributed by atoms with Gasteiger partial charge in [-0.25, -0.2) is 0 Å². The minimum Gasteiger partial charge on any atom is -0.493 e. The third kappa shape index (κ3) is 6.88. The molecule has 3 rings (SSSR count). The van der Waals surface area contributed by atoms with Gasteiger partial charge in [-0.2, -0.15) is 0 Å². The first-order valence-electron chi connectivity index (χ1n) is 11.0. The molecular formula is C26H28ClNO5S. The SMILES string of the molecule is CCCCOCC(=O)CC(=S)Cc1ccc(Oc2ccnc3cc(OC)c(OC)cc23)c(Cl)c1. The van der Waals surface area contributed by atoms with Crippen LogP contribution in [0.5, 0.6) is 23.0 Å². The molecule has 34 heavy (non-hydrogen) atoms. The van der Waals surface area contributed by atoms with Gasteiger partial charge in [0, 0.05) is 42.0 Å². The average Bonchev–Trinajstić information content (AvgIpc) is 2.82. The van der Waals surface area contributed by atoms with Gasteiger partial charge in [0.05, 0.1) is 24.8 Å². The van der Waals surface area contributed by atoms with Crippen molar-refractivity contribution in [2.24, 2.45) is 0 Å². The Morgan fingerprint density at radius 1 is 1.03 bits per heavy atom. The van der Waals surface area contributed by atoms with Gasteiger partial charge >= 0.3 is 0 Å². The molecule has 6 nitrogen and oxygen atoms in total. The largest absolute Gasteiger partial charge is 0.493 e. The third-order valence-corrected chi connectivity index (χ3v) is 5.71. The van der Waals surface area contributed by atoms with Crippen molar-refractivity contribution < 1.29 is 23.7 Å². The molecule has 0 bridgehead atoms. The Morgan fingerprint density at radius 2 is 1.79 bits per heavy atom. The van der Waals surface area contributed by atoms with Crippen molar-refractivity contribution in [3.63, 3.8) is 0 Å². The molecule has 0 saturated heterocycles. The average molecular weight is 502 g/mol. The monoisotopic (exact) mass is 501 g/mol. The van der Waals surface area contributed by atoms with E-state index in [-0.39, 0.29) is 18.8 Å². The van der Waals surface area contributed by atoms with Crippen molar-refractivity contribution in [3.8, 4) is 23.0 Å².